The highest BCUT2D eigenvalue weighted by molar-refractivity contribution is 6.00. The van der Waals surface area contributed by atoms with Gasteiger partial charge in [0.2, 0.25) is 0 Å². The number of H-pyrrole nitrogens is 1. The summed E-state index contributed by atoms with van der Waals surface area (Å²) in [5, 5.41) is 4.98. The fourth-order valence-corrected chi connectivity index (χ4v) is 1.90. The van der Waals surface area contributed by atoms with Crippen LogP contribution in [-0.4, -0.2) is 22.9 Å². The normalized spacial score (nSPS) is 11.2. The summed E-state index contributed by atoms with van der Waals surface area (Å²) in [7, 11) is 1.34. The number of carbonyl (C=O) groups excluding carboxylic acids is 1. The van der Waals surface area contributed by atoms with Gasteiger partial charge in [0, 0.05) is 13.2 Å². The van der Waals surface area contributed by atoms with Gasteiger partial charge >= 0.3 is 6.18 Å². The molecule has 0 atom stereocenters. The lowest BCUT2D eigenvalue weighted by Crippen LogP contribution is -2.25. The van der Waals surface area contributed by atoms with Crippen LogP contribution < -0.4 is 10.6 Å². The van der Waals surface area contributed by atoms with Gasteiger partial charge in [-0.15, -0.1) is 0 Å². The molecule has 0 saturated carbocycles. The summed E-state index contributed by atoms with van der Waals surface area (Å²) in [6.45, 7) is 0.151. The summed E-state index contributed by atoms with van der Waals surface area (Å²) in [5.41, 5.74) is -0.528. The Morgan fingerprint density at radius 1 is 1.38 bits per heavy atom. The van der Waals surface area contributed by atoms with Gasteiger partial charge in [-0.2, -0.15) is 13.2 Å². The first-order valence-electron chi connectivity index (χ1n) is 6.07. The van der Waals surface area contributed by atoms with Crippen molar-refractivity contribution in [1.82, 2.24) is 15.3 Å². The lowest BCUT2D eigenvalue weighted by atomic mass is 10.1. The Morgan fingerprint density at radius 3 is 2.71 bits per heavy atom. The number of hydrogen-bond donors (Lipinski definition) is 3. The monoisotopic (exact) mass is 298 g/mol. The molecule has 0 aliphatic carbocycles. The number of imidazole rings is 1. The second-order valence-corrected chi connectivity index (χ2v) is 4.24. The van der Waals surface area contributed by atoms with E-state index in [-0.39, 0.29) is 17.8 Å². The predicted octanol–water partition coefficient (Wildman–Crippen LogP) is 2.40. The van der Waals surface area contributed by atoms with Crippen LogP contribution in [-0.2, 0) is 12.7 Å². The molecule has 0 aliphatic rings. The highest BCUT2D eigenvalue weighted by atomic mass is 19.4. The summed E-state index contributed by atoms with van der Waals surface area (Å²) in [6.07, 6.45) is -1.56. The van der Waals surface area contributed by atoms with Gasteiger partial charge in [-0.05, 0) is 12.1 Å². The molecule has 0 spiro atoms. The van der Waals surface area contributed by atoms with E-state index in [9.17, 15) is 18.0 Å². The number of alkyl halides is 3. The van der Waals surface area contributed by atoms with Crippen LogP contribution in [0.3, 0.4) is 0 Å². The van der Waals surface area contributed by atoms with E-state index in [1.165, 1.54) is 31.7 Å². The third-order valence-corrected chi connectivity index (χ3v) is 2.86. The van der Waals surface area contributed by atoms with E-state index >= 15 is 0 Å². The number of aromatic amines is 1. The number of anilines is 1. The minimum absolute atomic E-state index is 0.0631. The zero-order valence-electron chi connectivity index (χ0n) is 11.1. The van der Waals surface area contributed by atoms with Crippen LogP contribution in [0.1, 0.15) is 21.6 Å². The summed E-state index contributed by atoms with van der Waals surface area (Å²) >= 11 is 0. The van der Waals surface area contributed by atoms with E-state index in [2.05, 4.69) is 20.6 Å². The number of halogens is 3. The molecule has 5 nitrogen and oxygen atoms in total. The second-order valence-electron chi connectivity index (χ2n) is 4.24. The Labute approximate surface area is 118 Å². The first kappa shape index (κ1) is 14.9. The Bertz CT molecular complexity index is 623. The van der Waals surface area contributed by atoms with Crippen LogP contribution in [0.25, 0.3) is 0 Å². The minimum Gasteiger partial charge on any atom is -0.387 e. The molecule has 112 valence electrons. The highest BCUT2D eigenvalue weighted by Crippen LogP contribution is 2.36. The molecule has 0 radical (unpaired) electrons. The Morgan fingerprint density at radius 2 is 2.14 bits per heavy atom. The number of amides is 1. The van der Waals surface area contributed by atoms with Gasteiger partial charge < -0.3 is 15.6 Å². The molecule has 21 heavy (non-hydrogen) atoms. The number of para-hydroxylation sites is 1. The van der Waals surface area contributed by atoms with Gasteiger partial charge in [0.25, 0.3) is 5.91 Å². The van der Waals surface area contributed by atoms with Crippen molar-refractivity contribution in [3.05, 3.63) is 47.5 Å². The maximum atomic E-state index is 12.9. The van der Waals surface area contributed by atoms with Crippen LogP contribution in [0, 0.1) is 0 Å². The molecular formula is C13H13F3N4O. The van der Waals surface area contributed by atoms with Crippen molar-refractivity contribution >= 4 is 11.6 Å². The van der Waals surface area contributed by atoms with E-state index in [1.807, 2.05) is 0 Å². The van der Waals surface area contributed by atoms with Gasteiger partial charge in [-0.3, -0.25) is 4.79 Å². The topological polar surface area (TPSA) is 69.8 Å². The second kappa shape index (κ2) is 5.86. The van der Waals surface area contributed by atoms with Crippen LogP contribution in [0.4, 0.5) is 18.9 Å². The van der Waals surface area contributed by atoms with E-state index in [4.69, 9.17) is 0 Å². The SMILES string of the molecule is CNc1c(C(=O)NCc2cnc[nH]2)cccc1C(F)(F)F. The molecule has 0 fully saturated rings. The Hall–Kier alpha value is -2.51. The molecule has 1 heterocycles. The number of rotatable bonds is 4. The van der Waals surface area contributed by atoms with Crippen molar-refractivity contribution in [1.29, 1.82) is 0 Å². The number of benzene rings is 1. The van der Waals surface area contributed by atoms with Crippen LogP contribution >= 0.6 is 0 Å². The molecule has 2 rings (SSSR count). The number of aromatic nitrogens is 2. The van der Waals surface area contributed by atoms with Crippen LogP contribution in [0.2, 0.25) is 0 Å². The molecule has 8 heteroatoms. The third-order valence-electron chi connectivity index (χ3n) is 2.86. The molecule has 1 amide bonds. The third kappa shape index (κ3) is 3.33. The smallest absolute Gasteiger partial charge is 0.387 e. The molecule has 0 bridgehead atoms. The average molecular weight is 298 g/mol. The van der Waals surface area contributed by atoms with E-state index in [1.54, 1.807) is 0 Å². The van der Waals surface area contributed by atoms with Crippen molar-refractivity contribution in [2.75, 3.05) is 12.4 Å². The molecule has 1 aromatic carbocycles. The molecule has 0 unspecified atom stereocenters. The van der Waals surface area contributed by atoms with Crippen molar-refractivity contribution < 1.29 is 18.0 Å². The number of carbonyl (C=O) groups is 1. The maximum Gasteiger partial charge on any atom is 0.418 e. The maximum absolute atomic E-state index is 12.9. The molecule has 0 aliphatic heterocycles. The van der Waals surface area contributed by atoms with Crippen molar-refractivity contribution in [2.24, 2.45) is 0 Å². The number of nitrogens with zero attached hydrogens (tertiary/aromatic N) is 1. The number of nitrogens with one attached hydrogen (secondary N) is 3. The lowest BCUT2D eigenvalue weighted by molar-refractivity contribution is -0.136. The van der Waals surface area contributed by atoms with Crippen molar-refractivity contribution in [3.63, 3.8) is 0 Å². The van der Waals surface area contributed by atoms with E-state index < -0.39 is 17.6 Å². The Kier molecular flexibility index (Phi) is 4.15. The van der Waals surface area contributed by atoms with E-state index in [0.29, 0.717) is 5.69 Å². The summed E-state index contributed by atoms with van der Waals surface area (Å²) in [6, 6.07) is 3.47. The molecule has 2 aromatic rings. The average Bonchev–Trinajstić information content (AvgIpc) is 2.96. The quantitative estimate of drug-likeness (QED) is 0.812. The first-order chi connectivity index (χ1) is 9.93. The van der Waals surface area contributed by atoms with Gasteiger partial charge in [-0.1, -0.05) is 6.07 Å². The fraction of sp³-hybridized carbons (Fsp3) is 0.231. The molecular weight excluding hydrogens is 285 g/mol. The number of hydrogen-bond acceptors (Lipinski definition) is 3. The first-order valence-corrected chi connectivity index (χ1v) is 6.07. The Balaban J connectivity index is 2.24. The van der Waals surface area contributed by atoms with E-state index in [0.717, 1.165) is 6.07 Å². The molecule has 1 aromatic heterocycles. The fourth-order valence-electron chi connectivity index (χ4n) is 1.90. The van der Waals surface area contributed by atoms with Gasteiger partial charge in [0.15, 0.2) is 0 Å². The molecule has 0 saturated heterocycles. The summed E-state index contributed by atoms with van der Waals surface area (Å²) < 4.78 is 38.7. The minimum atomic E-state index is -4.53. The molecule has 3 N–H and O–H groups in total. The van der Waals surface area contributed by atoms with Gasteiger partial charge in [0.05, 0.1) is 35.4 Å². The van der Waals surface area contributed by atoms with Crippen LogP contribution in [0.15, 0.2) is 30.7 Å². The standard InChI is InChI=1S/C13H13F3N4O/c1-17-11-9(3-2-4-10(11)13(14,15)16)12(21)19-6-8-5-18-7-20-8/h2-5,7,17H,6H2,1H3,(H,18,20)(H,19,21). The summed E-state index contributed by atoms with van der Waals surface area (Å²) in [4.78, 5) is 18.6. The lowest BCUT2D eigenvalue weighted by Gasteiger charge is -2.16. The van der Waals surface area contributed by atoms with Crippen molar-refractivity contribution in [2.45, 2.75) is 12.7 Å². The van der Waals surface area contributed by atoms with Crippen LogP contribution in [0.5, 0.6) is 0 Å². The zero-order chi connectivity index (χ0) is 15.5. The highest BCUT2D eigenvalue weighted by Gasteiger charge is 2.34. The predicted molar refractivity (Wildman–Crippen MR) is 70.7 cm³/mol. The zero-order valence-corrected chi connectivity index (χ0v) is 11.1. The van der Waals surface area contributed by atoms with Gasteiger partial charge in [0.1, 0.15) is 0 Å². The summed E-state index contributed by atoms with van der Waals surface area (Å²) in [5.74, 6) is -0.597. The van der Waals surface area contributed by atoms with Gasteiger partial charge in [-0.25, -0.2) is 4.98 Å². The van der Waals surface area contributed by atoms with Crippen molar-refractivity contribution in [3.8, 4) is 0 Å². The largest absolute Gasteiger partial charge is 0.418 e.